The van der Waals surface area contributed by atoms with Gasteiger partial charge in [-0.15, -0.1) is 0 Å². The highest BCUT2D eigenvalue weighted by atomic mass is 16.6. The van der Waals surface area contributed by atoms with E-state index in [1.54, 1.807) is 23.1 Å². The van der Waals surface area contributed by atoms with Crippen molar-refractivity contribution in [1.82, 2.24) is 0 Å². The van der Waals surface area contributed by atoms with Crippen molar-refractivity contribution >= 4 is 24.0 Å². The predicted octanol–water partition coefficient (Wildman–Crippen LogP) is 5.86. The van der Waals surface area contributed by atoms with Crippen LogP contribution in [0.25, 0.3) is 0 Å². The van der Waals surface area contributed by atoms with Crippen LogP contribution in [-0.4, -0.2) is 38.1 Å². The molecule has 1 fully saturated rings. The van der Waals surface area contributed by atoms with Crippen molar-refractivity contribution in [3.05, 3.63) is 101 Å². The fourth-order valence-electron chi connectivity index (χ4n) is 4.80. The van der Waals surface area contributed by atoms with Gasteiger partial charge in [0, 0.05) is 5.92 Å². The zero-order valence-corrected chi connectivity index (χ0v) is 21.8. The van der Waals surface area contributed by atoms with Gasteiger partial charge >= 0.3 is 12.1 Å². The molecule has 0 spiro atoms. The Bertz CT molecular complexity index is 1260. The summed E-state index contributed by atoms with van der Waals surface area (Å²) in [6.07, 6.45) is 1.26. The van der Waals surface area contributed by atoms with Crippen LogP contribution in [0.15, 0.2) is 72.8 Å². The van der Waals surface area contributed by atoms with E-state index >= 15 is 0 Å². The maximum absolute atomic E-state index is 13.0. The Morgan fingerprint density at radius 1 is 1.05 bits per heavy atom. The molecule has 0 aliphatic carbocycles. The molecule has 192 valence electrons. The van der Waals surface area contributed by atoms with E-state index in [2.05, 4.69) is 20.8 Å². The lowest BCUT2D eigenvalue weighted by molar-refractivity contribution is -0.109. The second-order valence-corrected chi connectivity index (χ2v) is 10.4. The molecule has 2 unspecified atom stereocenters. The molecule has 4 rings (SSSR count). The summed E-state index contributed by atoms with van der Waals surface area (Å²) in [5.41, 5.74) is 4.55. The molecule has 1 aliphatic heterocycles. The van der Waals surface area contributed by atoms with Crippen LogP contribution in [0.1, 0.15) is 59.3 Å². The van der Waals surface area contributed by atoms with Crippen LogP contribution in [0.5, 0.6) is 0 Å². The van der Waals surface area contributed by atoms with Crippen molar-refractivity contribution in [3.8, 4) is 0 Å². The van der Waals surface area contributed by atoms with Crippen molar-refractivity contribution in [1.29, 1.82) is 0 Å². The maximum atomic E-state index is 13.0. The first-order valence-corrected chi connectivity index (χ1v) is 12.5. The van der Waals surface area contributed by atoms with E-state index in [0.717, 1.165) is 17.4 Å². The Balaban J connectivity index is 1.73. The highest BCUT2D eigenvalue weighted by Gasteiger charge is 2.37. The van der Waals surface area contributed by atoms with Gasteiger partial charge in [0.15, 0.2) is 0 Å². The Labute approximate surface area is 218 Å². The molecular weight excluding hydrogens is 466 g/mol. The molecule has 0 aromatic heterocycles. The van der Waals surface area contributed by atoms with Gasteiger partial charge in [-0.1, -0.05) is 81.4 Å². The Morgan fingerprint density at radius 2 is 1.76 bits per heavy atom. The zero-order valence-electron chi connectivity index (χ0n) is 21.8. The number of benzene rings is 3. The molecule has 3 aromatic rings. The van der Waals surface area contributed by atoms with Crippen molar-refractivity contribution in [2.24, 2.45) is 0 Å². The molecule has 1 amide bonds. The number of cyclic esters (lactones) is 1. The first-order valence-electron chi connectivity index (χ1n) is 12.5. The second-order valence-electron chi connectivity index (χ2n) is 10.4. The number of rotatable bonds is 8. The number of esters is 1. The summed E-state index contributed by atoms with van der Waals surface area (Å²) < 4.78 is 10.5. The van der Waals surface area contributed by atoms with Crippen molar-refractivity contribution in [2.75, 3.05) is 18.6 Å². The molecule has 1 heterocycles. The number of carbonyl (C=O) groups is 3. The number of hydrogen-bond donors (Lipinski definition) is 0. The predicted molar refractivity (Wildman–Crippen MR) is 143 cm³/mol. The quantitative estimate of drug-likeness (QED) is 0.287. The molecule has 2 atom stereocenters. The summed E-state index contributed by atoms with van der Waals surface area (Å²) >= 11 is 0. The van der Waals surface area contributed by atoms with E-state index in [1.807, 2.05) is 54.6 Å². The van der Waals surface area contributed by atoms with Gasteiger partial charge in [0.05, 0.1) is 24.4 Å². The van der Waals surface area contributed by atoms with E-state index in [-0.39, 0.29) is 24.5 Å². The summed E-state index contributed by atoms with van der Waals surface area (Å²) in [6, 6.07) is 22.8. The average Bonchev–Trinajstić information content (AvgIpc) is 3.26. The van der Waals surface area contributed by atoms with Crippen LogP contribution in [0.4, 0.5) is 10.5 Å². The topological polar surface area (TPSA) is 72.9 Å². The van der Waals surface area contributed by atoms with E-state index in [4.69, 9.17) is 9.47 Å². The zero-order chi connectivity index (χ0) is 26.6. The molecule has 1 saturated heterocycles. The number of ether oxygens (including phenoxy) is 2. The smallest absolute Gasteiger partial charge is 0.414 e. The third kappa shape index (κ3) is 5.74. The number of amides is 1. The van der Waals surface area contributed by atoms with Crippen LogP contribution >= 0.6 is 0 Å². The third-order valence-electron chi connectivity index (χ3n) is 6.88. The van der Waals surface area contributed by atoms with Gasteiger partial charge in [-0.05, 0) is 52.6 Å². The molecule has 6 heteroatoms. The fraction of sp³-hybridized carbons (Fsp3) is 0.323. The lowest BCUT2D eigenvalue weighted by atomic mass is 9.84. The number of nitrogens with zero attached hydrogens (tertiary/aromatic N) is 1. The van der Waals surface area contributed by atoms with E-state index in [1.165, 1.54) is 12.7 Å². The summed E-state index contributed by atoms with van der Waals surface area (Å²) in [7, 11) is 1.32. The normalized spacial score (nSPS) is 16.3. The highest BCUT2D eigenvalue weighted by molar-refractivity contribution is 5.97. The second kappa shape index (κ2) is 11.0. The van der Waals surface area contributed by atoms with Crippen LogP contribution in [0.3, 0.4) is 0 Å². The Hall–Kier alpha value is -3.93. The van der Waals surface area contributed by atoms with E-state index in [0.29, 0.717) is 23.2 Å². The third-order valence-corrected chi connectivity index (χ3v) is 6.88. The number of methoxy groups -OCH3 is 1. The molecular formula is C31H33NO5. The summed E-state index contributed by atoms with van der Waals surface area (Å²) in [6.45, 7) is 6.65. The minimum absolute atomic E-state index is 0.0102. The summed E-state index contributed by atoms with van der Waals surface area (Å²) in [4.78, 5) is 39.7. The number of aldehydes is 1. The first kappa shape index (κ1) is 26.1. The molecule has 3 aromatic carbocycles. The Kier molecular flexibility index (Phi) is 7.77. The lowest BCUT2D eigenvalue weighted by Crippen LogP contribution is -2.36. The molecule has 0 bridgehead atoms. The van der Waals surface area contributed by atoms with E-state index in [9.17, 15) is 14.4 Å². The first-order chi connectivity index (χ1) is 17.7. The number of hydrogen-bond acceptors (Lipinski definition) is 5. The maximum Gasteiger partial charge on any atom is 0.414 e. The lowest BCUT2D eigenvalue weighted by Gasteiger charge is -2.26. The minimum Gasteiger partial charge on any atom is -0.465 e. The van der Waals surface area contributed by atoms with Gasteiger partial charge in [-0.25, -0.2) is 9.59 Å². The van der Waals surface area contributed by atoms with E-state index < -0.39 is 18.0 Å². The van der Waals surface area contributed by atoms with Gasteiger partial charge in [0.1, 0.15) is 12.9 Å². The van der Waals surface area contributed by atoms with Crippen LogP contribution in [0, 0.1) is 0 Å². The summed E-state index contributed by atoms with van der Waals surface area (Å²) in [5.74, 6) is -1.03. The van der Waals surface area contributed by atoms with Crippen LogP contribution in [-0.2, 0) is 32.5 Å². The molecule has 0 N–H and O–H groups in total. The Morgan fingerprint density at radius 3 is 2.38 bits per heavy atom. The van der Waals surface area contributed by atoms with Gasteiger partial charge in [-0.3, -0.25) is 4.90 Å². The van der Waals surface area contributed by atoms with Crippen molar-refractivity contribution in [3.63, 3.8) is 0 Å². The van der Waals surface area contributed by atoms with Gasteiger partial charge in [0.2, 0.25) is 0 Å². The van der Waals surface area contributed by atoms with Crippen LogP contribution < -0.4 is 4.90 Å². The van der Waals surface area contributed by atoms with Crippen molar-refractivity contribution in [2.45, 2.75) is 51.0 Å². The largest absolute Gasteiger partial charge is 0.465 e. The van der Waals surface area contributed by atoms with Gasteiger partial charge in [0.25, 0.3) is 0 Å². The van der Waals surface area contributed by atoms with Gasteiger partial charge in [-0.2, -0.15) is 0 Å². The summed E-state index contributed by atoms with van der Waals surface area (Å²) in [5, 5.41) is 0. The number of carbonyl (C=O) groups excluding carboxylic acids is 3. The molecule has 37 heavy (non-hydrogen) atoms. The van der Waals surface area contributed by atoms with Crippen LogP contribution in [0.2, 0.25) is 0 Å². The molecule has 0 saturated carbocycles. The standard InChI is InChI=1S/C31H33NO5/c1-31(2,3)24-15-13-22(14-16-24)23(19-33)18-27-26(29(34)36-4)11-8-12-28(27)32-25(20-37-30(32)35)17-21-9-6-5-7-10-21/h5-16,19,23,25H,17-18,20H2,1-4H3. The highest BCUT2D eigenvalue weighted by Crippen LogP contribution is 2.35. The molecule has 0 radical (unpaired) electrons. The fourth-order valence-corrected chi connectivity index (χ4v) is 4.80. The monoisotopic (exact) mass is 499 g/mol. The SMILES string of the molecule is COC(=O)c1cccc(N2C(=O)OCC2Cc2ccccc2)c1CC(C=O)c1ccc(C(C)(C)C)cc1. The van der Waals surface area contributed by atoms with Gasteiger partial charge < -0.3 is 14.3 Å². The molecule has 1 aliphatic rings. The minimum atomic E-state index is -0.517. The van der Waals surface area contributed by atoms with Crippen molar-refractivity contribution < 1.29 is 23.9 Å². The molecule has 6 nitrogen and oxygen atoms in total. The average molecular weight is 500 g/mol. The number of anilines is 1.